The summed E-state index contributed by atoms with van der Waals surface area (Å²) in [6, 6.07) is 2.17. The van der Waals surface area contributed by atoms with Gasteiger partial charge >= 0.3 is 0 Å². The highest BCUT2D eigenvalue weighted by Crippen LogP contribution is 2.16. The number of carbonyl (C=O) groups excluding carboxylic acids is 1. The van der Waals surface area contributed by atoms with Crippen LogP contribution < -0.4 is 5.32 Å². The van der Waals surface area contributed by atoms with Gasteiger partial charge in [-0.15, -0.1) is 0 Å². The number of likely N-dealkylation sites (N-methyl/N-ethyl adjacent to an activating group) is 1. The molecule has 0 radical (unpaired) electrons. The van der Waals surface area contributed by atoms with Crippen LogP contribution in [0.25, 0.3) is 0 Å². The van der Waals surface area contributed by atoms with Gasteiger partial charge in [0.25, 0.3) is 5.91 Å². The first-order valence-electron chi connectivity index (χ1n) is 6.46. The molecule has 0 saturated carbocycles. The normalized spacial score (nSPS) is 19.2. The van der Waals surface area contributed by atoms with Gasteiger partial charge in [-0.3, -0.25) is 4.79 Å². The Bertz CT molecular complexity index is 424. The highest BCUT2D eigenvalue weighted by atomic mass is 35.5. The van der Waals surface area contributed by atoms with Gasteiger partial charge in [-0.25, -0.2) is 0 Å². The lowest BCUT2D eigenvalue weighted by molar-refractivity contribution is 0.0773. The maximum absolute atomic E-state index is 12.3. The van der Waals surface area contributed by atoms with Gasteiger partial charge in [0.2, 0.25) is 0 Å². The van der Waals surface area contributed by atoms with Gasteiger partial charge in [-0.1, -0.05) is 11.6 Å². The molecular formula is C13H20ClN3O. The van der Waals surface area contributed by atoms with Crippen molar-refractivity contribution < 1.29 is 4.79 Å². The Morgan fingerprint density at radius 1 is 1.67 bits per heavy atom. The van der Waals surface area contributed by atoms with Crippen LogP contribution in [0.1, 0.15) is 30.3 Å². The number of nitrogens with one attached hydrogen (secondary N) is 1. The second-order valence-electron chi connectivity index (χ2n) is 4.81. The van der Waals surface area contributed by atoms with E-state index in [0.29, 0.717) is 16.8 Å². The summed E-state index contributed by atoms with van der Waals surface area (Å²) in [6.45, 7) is 4.57. The fraction of sp³-hybridized carbons (Fsp3) is 0.615. The third-order valence-corrected chi connectivity index (χ3v) is 3.63. The Morgan fingerprint density at radius 2 is 2.44 bits per heavy atom. The van der Waals surface area contributed by atoms with Gasteiger partial charge in [-0.05, 0) is 32.4 Å². The van der Waals surface area contributed by atoms with Crippen molar-refractivity contribution in [2.24, 2.45) is 0 Å². The molecule has 0 bridgehead atoms. The standard InChI is InChI=1S/C13H20ClN3O/c1-3-17-8-10(14)7-12(17)13(18)16(2)9-11-5-4-6-15-11/h7-8,11,15H,3-6,9H2,1-2H3. The first kappa shape index (κ1) is 13.4. The molecule has 1 N–H and O–H groups in total. The van der Waals surface area contributed by atoms with E-state index < -0.39 is 0 Å². The molecule has 2 heterocycles. The summed E-state index contributed by atoms with van der Waals surface area (Å²) in [5, 5.41) is 4.02. The molecule has 1 aliphatic rings. The van der Waals surface area contributed by atoms with Gasteiger partial charge in [0.05, 0.1) is 5.02 Å². The number of halogens is 1. The quantitative estimate of drug-likeness (QED) is 0.908. The molecule has 0 aromatic carbocycles. The van der Waals surface area contributed by atoms with Crippen LogP contribution in [0.4, 0.5) is 0 Å². The van der Waals surface area contributed by atoms with E-state index in [1.54, 1.807) is 17.2 Å². The van der Waals surface area contributed by atoms with E-state index in [-0.39, 0.29) is 5.91 Å². The van der Waals surface area contributed by atoms with Crippen LogP contribution in [0, 0.1) is 0 Å². The second-order valence-corrected chi connectivity index (χ2v) is 5.24. The number of rotatable bonds is 4. The minimum Gasteiger partial charge on any atom is -0.342 e. The minimum absolute atomic E-state index is 0.0393. The third-order valence-electron chi connectivity index (χ3n) is 3.43. The molecule has 1 unspecified atom stereocenters. The highest BCUT2D eigenvalue weighted by molar-refractivity contribution is 6.31. The Kier molecular flexibility index (Phi) is 4.30. The number of amides is 1. The predicted molar refractivity (Wildman–Crippen MR) is 73.1 cm³/mol. The van der Waals surface area contributed by atoms with Crippen molar-refractivity contribution in [2.45, 2.75) is 32.4 Å². The zero-order chi connectivity index (χ0) is 13.1. The van der Waals surface area contributed by atoms with Crippen LogP contribution in [-0.2, 0) is 6.54 Å². The first-order valence-corrected chi connectivity index (χ1v) is 6.84. The second kappa shape index (κ2) is 5.76. The lowest BCUT2D eigenvalue weighted by Crippen LogP contribution is -2.39. The number of hydrogen-bond donors (Lipinski definition) is 1. The van der Waals surface area contributed by atoms with Crippen LogP contribution in [0.15, 0.2) is 12.3 Å². The molecule has 1 aromatic heterocycles. The van der Waals surface area contributed by atoms with Crippen LogP contribution in [0.2, 0.25) is 5.02 Å². The minimum atomic E-state index is 0.0393. The summed E-state index contributed by atoms with van der Waals surface area (Å²) >= 11 is 5.96. The van der Waals surface area contributed by atoms with Crippen LogP contribution in [-0.4, -0.2) is 41.6 Å². The van der Waals surface area contributed by atoms with Crippen molar-refractivity contribution in [3.8, 4) is 0 Å². The van der Waals surface area contributed by atoms with Crippen LogP contribution in [0.3, 0.4) is 0 Å². The largest absolute Gasteiger partial charge is 0.342 e. The maximum atomic E-state index is 12.3. The summed E-state index contributed by atoms with van der Waals surface area (Å²) in [7, 11) is 1.85. The van der Waals surface area contributed by atoms with Gasteiger partial charge in [0.15, 0.2) is 0 Å². The summed E-state index contributed by atoms with van der Waals surface area (Å²) in [5.74, 6) is 0.0393. The number of nitrogens with zero attached hydrogens (tertiary/aromatic N) is 2. The van der Waals surface area contributed by atoms with Crippen molar-refractivity contribution in [1.82, 2.24) is 14.8 Å². The number of hydrogen-bond acceptors (Lipinski definition) is 2. The summed E-state index contributed by atoms with van der Waals surface area (Å²) in [4.78, 5) is 14.1. The Morgan fingerprint density at radius 3 is 3.06 bits per heavy atom. The van der Waals surface area contributed by atoms with Crippen molar-refractivity contribution in [1.29, 1.82) is 0 Å². The topological polar surface area (TPSA) is 37.3 Å². The van der Waals surface area contributed by atoms with Crippen molar-refractivity contribution in [2.75, 3.05) is 20.1 Å². The zero-order valence-corrected chi connectivity index (χ0v) is 11.7. The van der Waals surface area contributed by atoms with Crippen LogP contribution >= 0.6 is 11.6 Å². The molecule has 5 heteroatoms. The zero-order valence-electron chi connectivity index (χ0n) is 10.9. The van der Waals surface area contributed by atoms with Crippen molar-refractivity contribution in [3.05, 3.63) is 23.0 Å². The summed E-state index contributed by atoms with van der Waals surface area (Å²) in [6.07, 6.45) is 4.15. The molecule has 1 fully saturated rings. The lowest BCUT2D eigenvalue weighted by Gasteiger charge is -2.21. The SMILES string of the molecule is CCn1cc(Cl)cc1C(=O)N(C)CC1CCCN1. The van der Waals surface area contributed by atoms with Crippen molar-refractivity contribution in [3.63, 3.8) is 0 Å². The summed E-state index contributed by atoms with van der Waals surface area (Å²) < 4.78 is 1.89. The van der Waals surface area contributed by atoms with E-state index in [1.807, 2.05) is 18.5 Å². The molecule has 2 rings (SSSR count). The predicted octanol–water partition coefficient (Wildman–Crippen LogP) is 1.99. The number of aryl methyl sites for hydroxylation is 1. The van der Waals surface area contributed by atoms with Gasteiger partial charge < -0.3 is 14.8 Å². The molecule has 1 atom stereocenters. The molecule has 100 valence electrons. The number of carbonyl (C=O) groups is 1. The van der Waals surface area contributed by atoms with E-state index in [1.165, 1.54) is 6.42 Å². The van der Waals surface area contributed by atoms with E-state index in [2.05, 4.69) is 5.32 Å². The highest BCUT2D eigenvalue weighted by Gasteiger charge is 2.21. The molecule has 1 aromatic rings. The summed E-state index contributed by atoms with van der Waals surface area (Å²) in [5.41, 5.74) is 0.669. The average molecular weight is 270 g/mol. The molecule has 18 heavy (non-hydrogen) atoms. The Balaban J connectivity index is 2.04. The fourth-order valence-corrected chi connectivity index (χ4v) is 2.66. The van der Waals surface area contributed by atoms with Gasteiger partial charge in [0.1, 0.15) is 5.69 Å². The monoisotopic (exact) mass is 269 g/mol. The van der Waals surface area contributed by atoms with Gasteiger partial charge in [0, 0.05) is 32.4 Å². The van der Waals surface area contributed by atoms with E-state index in [4.69, 9.17) is 11.6 Å². The van der Waals surface area contributed by atoms with E-state index in [9.17, 15) is 4.79 Å². The smallest absolute Gasteiger partial charge is 0.270 e. The first-order chi connectivity index (χ1) is 8.61. The maximum Gasteiger partial charge on any atom is 0.270 e. The Hall–Kier alpha value is -1.00. The fourth-order valence-electron chi connectivity index (χ4n) is 2.44. The van der Waals surface area contributed by atoms with Crippen molar-refractivity contribution >= 4 is 17.5 Å². The Labute approximate surface area is 113 Å². The van der Waals surface area contributed by atoms with Gasteiger partial charge in [-0.2, -0.15) is 0 Å². The molecule has 0 spiro atoms. The molecule has 0 aliphatic carbocycles. The average Bonchev–Trinajstić information content (AvgIpc) is 2.97. The molecular weight excluding hydrogens is 250 g/mol. The third kappa shape index (κ3) is 2.87. The van der Waals surface area contributed by atoms with E-state index >= 15 is 0 Å². The molecule has 4 nitrogen and oxygen atoms in total. The molecule has 1 saturated heterocycles. The molecule has 1 amide bonds. The lowest BCUT2D eigenvalue weighted by atomic mass is 10.2. The number of aromatic nitrogens is 1. The molecule has 1 aliphatic heterocycles. The van der Waals surface area contributed by atoms with E-state index in [0.717, 1.165) is 26.1 Å². The van der Waals surface area contributed by atoms with Crippen LogP contribution in [0.5, 0.6) is 0 Å².